The van der Waals surface area contributed by atoms with E-state index in [9.17, 15) is 9.59 Å². The van der Waals surface area contributed by atoms with Gasteiger partial charge in [-0.15, -0.1) is 0 Å². The summed E-state index contributed by atoms with van der Waals surface area (Å²) in [7, 11) is 6.14. The summed E-state index contributed by atoms with van der Waals surface area (Å²) < 4.78 is 25.6. The maximum absolute atomic E-state index is 13.5. The van der Waals surface area contributed by atoms with Gasteiger partial charge in [0.15, 0.2) is 34.6 Å². The van der Waals surface area contributed by atoms with Crippen molar-refractivity contribution in [3.8, 4) is 34.4 Å². The van der Waals surface area contributed by atoms with Crippen LogP contribution >= 0.6 is 23.2 Å². The highest BCUT2D eigenvalue weighted by molar-refractivity contribution is 6.32. The highest BCUT2D eigenvalue weighted by Crippen LogP contribution is 2.36. The Morgan fingerprint density at radius 1 is 0.607 bits per heavy atom. The number of halogens is 2. The van der Waals surface area contributed by atoms with Gasteiger partial charge in [-0.25, -0.2) is 0 Å². The maximum atomic E-state index is 13.5. The van der Waals surface area contributed by atoms with Crippen LogP contribution in [0.4, 0.5) is 0 Å². The third-order valence-corrected chi connectivity index (χ3v) is 9.36. The molecule has 6 rings (SSSR count). The second-order valence-electron chi connectivity index (χ2n) is 13.6. The molecule has 4 aromatic carbocycles. The smallest absolute Gasteiger partial charge is 0.199 e. The Balaban J connectivity index is 0.000000214. The van der Waals surface area contributed by atoms with Crippen LogP contribution in [-0.4, -0.2) is 49.1 Å². The zero-order valence-corrected chi connectivity index (χ0v) is 34.4. The van der Waals surface area contributed by atoms with Crippen LogP contribution in [0.3, 0.4) is 0 Å². The largest absolute Gasteiger partial charge is 0.493 e. The van der Waals surface area contributed by atoms with Gasteiger partial charge >= 0.3 is 0 Å². The highest BCUT2D eigenvalue weighted by Gasteiger charge is 2.24. The van der Waals surface area contributed by atoms with E-state index in [-0.39, 0.29) is 11.6 Å². The van der Waals surface area contributed by atoms with Crippen molar-refractivity contribution in [2.24, 2.45) is 5.92 Å². The minimum atomic E-state index is -0.190. The number of para-hydroxylation sites is 2. The average Bonchev–Trinajstić information content (AvgIpc) is 3.85. The number of ether oxygens (including phenoxy) is 4. The van der Waals surface area contributed by atoms with E-state index in [0.717, 1.165) is 34.8 Å². The SMILES string of the molecule is COc1cccc(C(=O)c2cc(Cl)ccc2-n2cccc2C=C(C)C)c1OC.COc1cccc(C(=O)c2cc(Cl)ccc2-n2cccc2CC(C)C)c1OC. The third kappa shape index (κ3) is 9.21. The Kier molecular flexibility index (Phi) is 13.9. The Labute approximate surface area is 338 Å². The van der Waals surface area contributed by atoms with Gasteiger partial charge in [0.25, 0.3) is 0 Å². The lowest BCUT2D eigenvalue weighted by Crippen LogP contribution is -2.11. The fraction of sp³-hybridized carbons (Fsp3) is 0.217. The second kappa shape index (κ2) is 18.8. The van der Waals surface area contributed by atoms with Crippen LogP contribution in [0.5, 0.6) is 23.0 Å². The summed E-state index contributed by atoms with van der Waals surface area (Å²) >= 11 is 12.5. The molecule has 0 radical (unpaired) electrons. The van der Waals surface area contributed by atoms with Crippen molar-refractivity contribution in [2.75, 3.05) is 28.4 Å². The summed E-state index contributed by atoms with van der Waals surface area (Å²) in [5.74, 6) is 1.97. The van der Waals surface area contributed by atoms with Gasteiger partial charge in [0.05, 0.1) is 50.9 Å². The monoisotopic (exact) mass is 792 g/mol. The molecule has 0 N–H and O–H groups in total. The molecule has 0 fully saturated rings. The molecule has 56 heavy (non-hydrogen) atoms. The first-order valence-corrected chi connectivity index (χ1v) is 18.8. The summed E-state index contributed by atoms with van der Waals surface area (Å²) in [4.78, 5) is 27.0. The number of aromatic nitrogens is 2. The molecular weight excluding hydrogens is 747 g/mol. The van der Waals surface area contributed by atoms with Gasteiger partial charge < -0.3 is 28.1 Å². The predicted octanol–water partition coefficient (Wildman–Crippen LogP) is 11.4. The summed E-state index contributed by atoms with van der Waals surface area (Å²) in [5.41, 5.74) is 6.68. The maximum Gasteiger partial charge on any atom is 0.199 e. The fourth-order valence-electron chi connectivity index (χ4n) is 6.49. The zero-order chi connectivity index (χ0) is 40.5. The number of hydrogen-bond acceptors (Lipinski definition) is 6. The summed E-state index contributed by atoms with van der Waals surface area (Å²) in [6.45, 7) is 8.41. The lowest BCUT2D eigenvalue weighted by Gasteiger charge is -2.17. The number of ketones is 2. The molecule has 0 amide bonds. The minimum absolute atomic E-state index is 0.169. The third-order valence-electron chi connectivity index (χ3n) is 8.89. The Morgan fingerprint density at radius 2 is 1.09 bits per heavy atom. The normalized spacial score (nSPS) is 10.7. The van der Waals surface area contributed by atoms with Gasteiger partial charge in [-0.1, -0.05) is 54.8 Å². The van der Waals surface area contributed by atoms with Crippen LogP contribution < -0.4 is 18.9 Å². The predicted molar refractivity (Wildman–Crippen MR) is 225 cm³/mol. The van der Waals surface area contributed by atoms with Crippen molar-refractivity contribution in [1.29, 1.82) is 0 Å². The zero-order valence-electron chi connectivity index (χ0n) is 32.9. The lowest BCUT2D eigenvalue weighted by molar-refractivity contribution is 0.102. The number of hydrogen-bond donors (Lipinski definition) is 0. The van der Waals surface area contributed by atoms with Crippen LogP contribution in [0, 0.1) is 5.92 Å². The molecule has 0 unspecified atom stereocenters. The first-order chi connectivity index (χ1) is 26.9. The van der Waals surface area contributed by atoms with Crippen molar-refractivity contribution in [1.82, 2.24) is 9.13 Å². The molecule has 0 atom stereocenters. The van der Waals surface area contributed by atoms with E-state index in [2.05, 4.69) is 30.6 Å². The van der Waals surface area contributed by atoms with Gasteiger partial charge in [-0.05, 0) is 117 Å². The highest BCUT2D eigenvalue weighted by atomic mass is 35.5. The van der Waals surface area contributed by atoms with E-state index in [4.69, 9.17) is 42.1 Å². The van der Waals surface area contributed by atoms with Crippen molar-refractivity contribution in [3.05, 3.63) is 159 Å². The fourth-order valence-corrected chi connectivity index (χ4v) is 6.83. The Hall–Kier alpha value is -5.70. The first-order valence-electron chi connectivity index (χ1n) is 18.0. The van der Waals surface area contributed by atoms with Gasteiger partial charge in [-0.3, -0.25) is 9.59 Å². The number of nitrogens with zero attached hydrogens (tertiary/aromatic N) is 2. The lowest BCUT2D eigenvalue weighted by atomic mass is 9.99. The van der Waals surface area contributed by atoms with Gasteiger partial charge in [0, 0.05) is 45.0 Å². The molecule has 0 aliphatic heterocycles. The van der Waals surface area contributed by atoms with Crippen LogP contribution in [0.15, 0.2) is 115 Å². The van der Waals surface area contributed by atoms with Crippen LogP contribution in [0.25, 0.3) is 17.5 Å². The van der Waals surface area contributed by atoms with E-state index in [1.807, 2.05) is 61.1 Å². The standard InChI is InChI=1S/C23H24ClNO3.C23H22ClNO3/c2*1-15(2)13-17-7-6-12-25(17)20-11-10-16(24)14-19(20)22(26)18-8-5-9-21(27-3)23(18)28-4/h5-12,14-15H,13H2,1-4H3;5-14H,1-4H3. The van der Waals surface area contributed by atoms with E-state index in [0.29, 0.717) is 61.2 Å². The quantitative estimate of drug-likeness (QED) is 0.108. The number of allylic oxidation sites excluding steroid dienone is 1. The minimum Gasteiger partial charge on any atom is -0.493 e. The summed E-state index contributed by atoms with van der Waals surface area (Å²) in [5, 5.41) is 0.997. The van der Waals surface area contributed by atoms with E-state index < -0.39 is 0 Å². The topological polar surface area (TPSA) is 80.9 Å². The summed E-state index contributed by atoms with van der Waals surface area (Å²) in [6, 6.07) is 29.3. The number of carbonyl (C=O) groups excluding carboxylic acids is 2. The molecule has 0 bridgehead atoms. The molecule has 0 saturated carbocycles. The van der Waals surface area contributed by atoms with Crippen molar-refractivity contribution in [2.45, 2.75) is 34.1 Å². The number of rotatable bonds is 13. The molecule has 2 heterocycles. The summed E-state index contributed by atoms with van der Waals surface area (Å²) in [6.07, 6.45) is 6.87. The number of carbonyl (C=O) groups is 2. The molecular formula is C46H46Cl2N2O6. The average molecular weight is 794 g/mol. The van der Waals surface area contributed by atoms with Crippen molar-refractivity contribution < 1.29 is 28.5 Å². The number of benzene rings is 4. The molecule has 6 aromatic rings. The number of methoxy groups -OCH3 is 4. The van der Waals surface area contributed by atoms with Crippen molar-refractivity contribution in [3.63, 3.8) is 0 Å². The molecule has 0 aliphatic rings. The van der Waals surface area contributed by atoms with Crippen LogP contribution in [-0.2, 0) is 6.42 Å². The van der Waals surface area contributed by atoms with E-state index in [1.54, 1.807) is 74.9 Å². The molecule has 0 spiro atoms. The van der Waals surface area contributed by atoms with E-state index in [1.165, 1.54) is 14.2 Å². The van der Waals surface area contributed by atoms with E-state index >= 15 is 0 Å². The molecule has 0 saturated heterocycles. The molecule has 290 valence electrons. The Morgan fingerprint density at radius 3 is 1.55 bits per heavy atom. The van der Waals surface area contributed by atoms with Crippen molar-refractivity contribution >= 4 is 40.8 Å². The van der Waals surface area contributed by atoms with Gasteiger partial charge in [-0.2, -0.15) is 0 Å². The molecule has 8 nitrogen and oxygen atoms in total. The molecule has 0 aliphatic carbocycles. The molecule has 10 heteroatoms. The van der Waals surface area contributed by atoms with Gasteiger partial charge in [0.1, 0.15) is 0 Å². The second-order valence-corrected chi connectivity index (χ2v) is 14.4. The Bertz CT molecular complexity index is 2370. The molecule has 2 aromatic heterocycles. The van der Waals surface area contributed by atoms with Crippen LogP contribution in [0.2, 0.25) is 10.0 Å². The first kappa shape index (κ1) is 41.5. The van der Waals surface area contributed by atoms with Gasteiger partial charge in [0.2, 0.25) is 0 Å². The van der Waals surface area contributed by atoms with Crippen LogP contribution in [0.1, 0.15) is 70.9 Å².